The van der Waals surface area contributed by atoms with Crippen LogP contribution in [0.4, 0.5) is 0 Å². The first-order valence-corrected chi connectivity index (χ1v) is 5.42. The molecule has 0 radical (unpaired) electrons. The lowest BCUT2D eigenvalue weighted by molar-refractivity contribution is -0.120. The number of aliphatic hydroxyl groups is 2. The molecule has 0 spiro atoms. The van der Waals surface area contributed by atoms with Gasteiger partial charge in [-0.1, -0.05) is 50.3 Å². The molecule has 2 N–H and O–H groups in total. The van der Waals surface area contributed by atoms with Crippen LogP contribution in [0.5, 0.6) is 0 Å². The Labute approximate surface area is 97.2 Å². The van der Waals surface area contributed by atoms with E-state index in [1.54, 1.807) is 25.1 Å². The van der Waals surface area contributed by atoms with Gasteiger partial charge in [0.25, 0.3) is 0 Å². The van der Waals surface area contributed by atoms with Crippen molar-refractivity contribution in [3.8, 4) is 0 Å². The summed E-state index contributed by atoms with van der Waals surface area (Å²) in [5.74, 6) is 0. The predicted octanol–water partition coefficient (Wildman–Crippen LogP) is 2.68. The summed E-state index contributed by atoms with van der Waals surface area (Å²) in [6.07, 6.45) is 0.737. The van der Waals surface area contributed by atoms with E-state index < -0.39 is 17.1 Å². The minimum absolute atomic E-state index is 0.567. The number of rotatable bonds is 4. The van der Waals surface area contributed by atoms with Gasteiger partial charge >= 0.3 is 0 Å². The summed E-state index contributed by atoms with van der Waals surface area (Å²) in [7, 11) is 0. The van der Waals surface area contributed by atoms with E-state index in [9.17, 15) is 10.2 Å². The van der Waals surface area contributed by atoms with Gasteiger partial charge < -0.3 is 10.2 Å². The minimum atomic E-state index is -1.25. The van der Waals surface area contributed by atoms with Gasteiger partial charge in [0.1, 0.15) is 11.7 Å². The highest BCUT2D eigenvalue weighted by Crippen LogP contribution is 2.40. The van der Waals surface area contributed by atoms with Crippen LogP contribution >= 0.6 is 0 Å². The second kappa shape index (κ2) is 4.40. The predicted molar refractivity (Wildman–Crippen MR) is 66.0 cm³/mol. The Morgan fingerprint density at radius 3 is 2.12 bits per heavy atom. The minimum Gasteiger partial charge on any atom is -0.386 e. The molecule has 16 heavy (non-hydrogen) atoms. The summed E-state index contributed by atoms with van der Waals surface area (Å²) in [4.78, 5) is 0. The first-order chi connectivity index (χ1) is 7.33. The highest BCUT2D eigenvalue weighted by Gasteiger charge is 2.43. The van der Waals surface area contributed by atoms with Gasteiger partial charge in [0.15, 0.2) is 0 Å². The SMILES string of the molecule is C=CC(C)(C)[C@@](C)(O)[C@@H](O)c1ccccc1. The van der Waals surface area contributed by atoms with Gasteiger partial charge in [0.2, 0.25) is 0 Å². The molecule has 0 aliphatic carbocycles. The average Bonchev–Trinajstić information content (AvgIpc) is 2.29. The molecule has 1 rings (SSSR count). The summed E-state index contributed by atoms with van der Waals surface area (Å²) in [5, 5.41) is 20.7. The van der Waals surface area contributed by atoms with E-state index >= 15 is 0 Å². The lowest BCUT2D eigenvalue weighted by Gasteiger charge is -2.41. The number of hydrogen-bond donors (Lipinski definition) is 2. The Bertz CT molecular complexity index is 352. The Hall–Kier alpha value is -1.12. The largest absolute Gasteiger partial charge is 0.386 e. The van der Waals surface area contributed by atoms with Crippen LogP contribution < -0.4 is 0 Å². The van der Waals surface area contributed by atoms with Gasteiger partial charge in [-0.3, -0.25) is 0 Å². The average molecular weight is 220 g/mol. The fourth-order valence-corrected chi connectivity index (χ4v) is 1.52. The van der Waals surface area contributed by atoms with Crippen LogP contribution in [-0.4, -0.2) is 15.8 Å². The van der Waals surface area contributed by atoms with Crippen LogP contribution in [0.3, 0.4) is 0 Å². The van der Waals surface area contributed by atoms with E-state index in [1.807, 2.05) is 32.0 Å². The second-order valence-electron chi connectivity index (χ2n) is 4.89. The molecule has 1 aromatic carbocycles. The number of aliphatic hydroxyl groups excluding tert-OH is 1. The van der Waals surface area contributed by atoms with Crippen LogP contribution in [0.1, 0.15) is 32.4 Å². The standard InChI is InChI=1S/C14H20O2/c1-5-13(2,3)14(4,16)12(15)11-9-7-6-8-10-11/h5-10,12,15-16H,1H2,2-4H3/t12-,14-/m0/s1. The van der Waals surface area contributed by atoms with Gasteiger partial charge in [-0.2, -0.15) is 0 Å². The van der Waals surface area contributed by atoms with Crippen LogP contribution in [0, 0.1) is 5.41 Å². The Morgan fingerprint density at radius 1 is 1.19 bits per heavy atom. The summed E-state index contributed by atoms with van der Waals surface area (Å²) >= 11 is 0. The van der Waals surface area contributed by atoms with Crippen LogP contribution in [0.25, 0.3) is 0 Å². The highest BCUT2D eigenvalue weighted by molar-refractivity contribution is 5.22. The van der Waals surface area contributed by atoms with E-state index in [4.69, 9.17) is 0 Å². The fourth-order valence-electron chi connectivity index (χ4n) is 1.52. The maximum Gasteiger partial charge on any atom is 0.108 e. The molecule has 2 atom stereocenters. The molecule has 88 valence electrons. The van der Waals surface area contributed by atoms with Crippen molar-refractivity contribution in [1.82, 2.24) is 0 Å². The van der Waals surface area contributed by atoms with Crippen molar-refractivity contribution in [2.75, 3.05) is 0 Å². The van der Waals surface area contributed by atoms with E-state index in [-0.39, 0.29) is 0 Å². The van der Waals surface area contributed by atoms with E-state index in [0.717, 1.165) is 0 Å². The highest BCUT2D eigenvalue weighted by atomic mass is 16.3. The molecule has 0 heterocycles. The van der Waals surface area contributed by atoms with Crippen molar-refractivity contribution < 1.29 is 10.2 Å². The first-order valence-electron chi connectivity index (χ1n) is 5.42. The molecule has 2 nitrogen and oxygen atoms in total. The lowest BCUT2D eigenvalue weighted by atomic mass is 9.71. The summed E-state index contributed by atoms with van der Waals surface area (Å²) < 4.78 is 0. The van der Waals surface area contributed by atoms with Crippen molar-refractivity contribution in [3.63, 3.8) is 0 Å². The molecule has 0 aliphatic heterocycles. The molecular weight excluding hydrogens is 200 g/mol. The molecule has 0 amide bonds. The smallest absolute Gasteiger partial charge is 0.108 e. The Kier molecular flexibility index (Phi) is 3.56. The zero-order valence-electron chi connectivity index (χ0n) is 10.1. The second-order valence-corrected chi connectivity index (χ2v) is 4.89. The van der Waals surface area contributed by atoms with Gasteiger partial charge in [0.05, 0.1) is 0 Å². The molecule has 0 saturated heterocycles. The molecule has 0 bridgehead atoms. The van der Waals surface area contributed by atoms with Crippen molar-refractivity contribution in [2.45, 2.75) is 32.5 Å². The van der Waals surface area contributed by atoms with Gasteiger partial charge in [-0.05, 0) is 12.5 Å². The van der Waals surface area contributed by atoms with E-state index in [2.05, 4.69) is 6.58 Å². The topological polar surface area (TPSA) is 40.5 Å². The Morgan fingerprint density at radius 2 is 1.69 bits per heavy atom. The molecular formula is C14H20O2. The zero-order chi connectivity index (χ0) is 12.4. The van der Waals surface area contributed by atoms with Crippen LogP contribution in [0.15, 0.2) is 43.0 Å². The molecule has 0 fully saturated rings. The molecule has 0 saturated carbocycles. The molecule has 0 aliphatic rings. The summed E-state index contributed by atoms with van der Waals surface area (Å²) in [6.45, 7) is 9.04. The fraction of sp³-hybridized carbons (Fsp3) is 0.429. The maximum atomic E-state index is 10.4. The quantitative estimate of drug-likeness (QED) is 0.766. The number of benzene rings is 1. The van der Waals surface area contributed by atoms with Crippen LogP contribution in [-0.2, 0) is 0 Å². The summed E-state index contributed by atoms with van der Waals surface area (Å²) in [5.41, 5.74) is -1.11. The zero-order valence-corrected chi connectivity index (χ0v) is 10.1. The third-order valence-corrected chi connectivity index (χ3v) is 3.46. The van der Waals surface area contributed by atoms with E-state index in [1.165, 1.54) is 0 Å². The van der Waals surface area contributed by atoms with Crippen LogP contribution in [0.2, 0.25) is 0 Å². The van der Waals surface area contributed by atoms with Gasteiger partial charge in [-0.25, -0.2) is 0 Å². The lowest BCUT2D eigenvalue weighted by Crippen LogP contribution is -2.45. The molecule has 0 unspecified atom stereocenters. The molecule has 0 aromatic heterocycles. The number of hydrogen-bond acceptors (Lipinski definition) is 2. The van der Waals surface area contributed by atoms with Crippen molar-refractivity contribution in [3.05, 3.63) is 48.6 Å². The third-order valence-electron chi connectivity index (χ3n) is 3.46. The third kappa shape index (κ3) is 2.18. The van der Waals surface area contributed by atoms with Crippen molar-refractivity contribution >= 4 is 0 Å². The Balaban J connectivity index is 3.06. The first kappa shape index (κ1) is 12.9. The molecule has 1 aromatic rings. The van der Waals surface area contributed by atoms with Gasteiger partial charge in [-0.15, -0.1) is 6.58 Å². The normalized spacial score (nSPS) is 17.6. The molecule has 2 heteroatoms. The van der Waals surface area contributed by atoms with E-state index in [0.29, 0.717) is 5.56 Å². The summed E-state index contributed by atoms with van der Waals surface area (Å²) in [6, 6.07) is 9.17. The van der Waals surface area contributed by atoms with Crippen molar-refractivity contribution in [1.29, 1.82) is 0 Å². The maximum absolute atomic E-state index is 10.4. The monoisotopic (exact) mass is 220 g/mol. The van der Waals surface area contributed by atoms with Gasteiger partial charge in [0, 0.05) is 5.41 Å². The van der Waals surface area contributed by atoms with Crippen molar-refractivity contribution in [2.24, 2.45) is 5.41 Å².